The van der Waals surface area contributed by atoms with Crippen molar-refractivity contribution in [3.05, 3.63) is 30.3 Å². The molecule has 0 saturated carbocycles. The van der Waals surface area contributed by atoms with Gasteiger partial charge in [-0.25, -0.2) is 0 Å². The van der Waals surface area contributed by atoms with Crippen molar-refractivity contribution in [1.29, 1.82) is 0 Å². The number of rotatable bonds is 2. The van der Waals surface area contributed by atoms with Crippen LogP contribution >= 0.6 is 0 Å². The number of hydrogen-bond donors (Lipinski definition) is 0. The minimum Gasteiger partial charge on any atom is -0.403 e. The Morgan fingerprint density at radius 1 is 1.32 bits per heavy atom. The fourth-order valence-electron chi connectivity index (χ4n) is 2.03. The Kier molecular flexibility index (Phi) is 2.76. The van der Waals surface area contributed by atoms with Crippen molar-refractivity contribution in [2.24, 2.45) is 5.92 Å². The van der Waals surface area contributed by atoms with Crippen molar-refractivity contribution < 1.29 is 9.21 Å². The summed E-state index contributed by atoms with van der Waals surface area (Å²) in [6.07, 6.45) is 5.67. The molecule has 5 nitrogen and oxygen atoms in total. The number of benzene rings is 1. The van der Waals surface area contributed by atoms with E-state index in [0.29, 0.717) is 18.9 Å². The second-order valence-corrected chi connectivity index (χ2v) is 4.33. The Labute approximate surface area is 110 Å². The van der Waals surface area contributed by atoms with Crippen LogP contribution in [0.4, 0.5) is 6.01 Å². The second kappa shape index (κ2) is 4.58. The summed E-state index contributed by atoms with van der Waals surface area (Å²) >= 11 is 0. The zero-order valence-corrected chi connectivity index (χ0v) is 10.1. The number of amides is 1. The van der Waals surface area contributed by atoms with Crippen molar-refractivity contribution in [1.82, 2.24) is 10.2 Å². The first kappa shape index (κ1) is 11.5. The Hall–Kier alpha value is -2.61. The maximum Gasteiger partial charge on any atom is 0.325 e. The first-order valence-electron chi connectivity index (χ1n) is 5.93. The number of hydrogen-bond acceptors (Lipinski definition) is 4. The number of nitrogens with zero attached hydrogens (tertiary/aromatic N) is 3. The van der Waals surface area contributed by atoms with Crippen LogP contribution in [-0.4, -0.2) is 22.6 Å². The molecule has 0 N–H and O–H groups in total. The smallest absolute Gasteiger partial charge is 0.325 e. The van der Waals surface area contributed by atoms with Crippen LogP contribution in [0.2, 0.25) is 0 Å². The lowest BCUT2D eigenvalue weighted by Crippen LogP contribution is -2.24. The van der Waals surface area contributed by atoms with Crippen LogP contribution in [0.3, 0.4) is 0 Å². The first-order valence-corrected chi connectivity index (χ1v) is 5.93. The van der Waals surface area contributed by atoms with Gasteiger partial charge in [-0.15, -0.1) is 17.4 Å². The predicted octanol–water partition coefficient (Wildman–Crippen LogP) is 1.72. The van der Waals surface area contributed by atoms with E-state index in [1.807, 2.05) is 30.3 Å². The standard InChI is InChI=1S/C14H11N3O2/c1-2-10-8-12(18)17(9-10)14-16-15-13(19-14)11-6-4-3-5-7-11/h1,3-7,10H,8-9H2. The van der Waals surface area contributed by atoms with E-state index in [9.17, 15) is 4.79 Å². The third kappa shape index (κ3) is 2.08. The van der Waals surface area contributed by atoms with Crippen molar-refractivity contribution in [3.8, 4) is 23.8 Å². The average molecular weight is 253 g/mol. The second-order valence-electron chi connectivity index (χ2n) is 4.33. The Morgan fingerprint density at radius 2 is 2.11 bits per heavy atom. The predicted molar refractivity (Wildman–Crippen MR) is 69.0 cm³/mol. The average Bonchev–Trinajstić information content (AvgIpc) is 3.06. The van der Waals surface area contributed by atoms with E-state index in [1.54, 1.807) is 0 Å². The van der Waals surface area contributed by atoms with Gasteiger partial charge in [0.15, 0.2) is 0 Å². The normalized spacial score (nSPS) is 18.6. The molecule has 3 rings (SSSR count). The van der Waals surface area contributed by atoms with Crippen molar-refractivity contribution >= 4 is 11.9 Å². The Bertz CT molecular complexity index is 642. The maximum atomic E-state index is 11.8. The Morgan fingerprint density at radius 3 is 2.79 bits per heavy atom. The number of carbonyl (C=O) groups excluding carboxylic acids is 1. The molecule has 1 atom stereocenters. The summed E-state index contributed by atoms with van der Waals surface area (Å²) in [5.41, 5.74) is 0.821. The van der Waals surface area contributed by atoms with Crippen LogP contribution in [0.1, 0.15) is 6.42 Å². The molecule has 1 saturated heterocycles. The van der Waals surface area contributed by atoms with Crippen molar-refractivity contribution in [3.63, 3.8) is 0 Å². The van der Waals surface area contributed by atoms with E-state index in [2.05, 4.69) is 16.1 Å². The lowest BCUT2D eigenvalue weighted by atomic mass is 10.1. The van der Waals surface area contributed by atoms with Crippen LogP contribution < -0.4 is 4.90 Å². The number of aromatic nitrogens is 2. The molecule has 1 aliphatic heterocycles. The van der Waals surface area contributed by atoms with Crippen molar-refractivity contribution in [2.75, 3.05) is 11.4 Å². The Balaban J connectivity index is 1.87. The molecule has 94 valence electrons. The molecule has 2 heterocycles. The molecule has 19 heavy (non-hydrogen) atoms. The monoisotopic (exact) mass is 253 g/mol. The minimum atomic E-state index is -0.0837. The minimum absolute atomic E-state index is 0.0776. The quantitative estimate of drug-likeness (QED) is 0.765. The molecule has 1 unspecified atom stereocenters. The van der Waals surface area contributed by atoms with Crippen LogP contribution in [0.25, 0.3) is 11.5 Å². The van der Waals surface area contributed by atoms with Gasteiger partial charge in [0.1, 0.15) is 0 Å². The van der Waals surface area contributed by atoms with Crippen LogP contribution in [0, 0.1) is 18.3 Å². The highest BCUT2D eigenvalue weighted by atomic mass is 16.4. The molecule has 1 aromatic heterocycles. The number of terminal acetylenes is 1. The molecule has 1 aromatic carbocycles. The van der Waals surface area contributed by atoms with Gasteiger partial charge in [-0.3, -0.25) is 9.69 Å². The number of carbonyl (C=O) groups is 1. The van der Waals surface area contributed by atoms with E-state index >= 15 is 0 Å². The van der Waals surface area contributed by atoms with Crippen LogP contribution in [0.15, 0.2) is 34.7 Å². The molecule has 0 radical (unpaired) electrons. The van der Waals surface area contributed by atoms with E-state index in [4.69, 9.17) is 10.8 Å². The highest BCUT2D eigenvalue weighted by molar-refractivity contribution is 5.94. The van der Waals surface area contributed by atoms with Gasteiger partial charge in [-0.05, 0) is 12.1 Å². The van der Waals surface area contributed by atoms with Gasteiger partial charge in [0, 0.05) is 24.4 Å². The summed E-state index contributed by atoms with van der Waals surface area (Å²) < 4.78 is 5.53. The van der Waals surface area contributed by atoms with Gasteiger partial charge in [-0.1, -0.05) is 23.3 Å². The van der Waals surface area contributed by atoms with Gasteiger partial charge < -0.3 is 4.42 Å². The van der Waals surface area contributed by atoms with Gasteiger partial charge >= 0.3 is 6.01 Å². The molecule has 1 fully saturated rings. The summed E-state index contributed by atoms with van der Waals surface area (Å²) in [5, 5.41) is 7.87. The van der Waals surface area contributed by atoms with Gasteiger partial charge in [-0.2, -0.15) is 0 Å². The van der Waals surface area contributed by atoms with Gasteiger partial charge in [0.05, 0.1) is 0 Å². The zero-order chi connectivity index (χ0) is 13.2. The maximum absolute atomic E-state index is 11.8. The van der Waals surface area contributed by atoms with Crippen LogP contribution in [0.5, 0.6) is 0 Å². The summed E-state index contributed by atoms with van der Waals surface area (Å²) in [4.78, 5) is 13.2. The third-order valence-corrected chi connectivity index (χ3v) is 3.03. The van der Waals surface area contributed by atoms with E-state index in [-0.39, 0.29) is 17.8 Å². The SMILES string of the molecule is C#CC1CC(=O)N(c2nnc(-c3ccccc3)o2)C1. The first-order chi connectivity index (χ1) is 9.28. The molecule has 2 aromatic rings. The van der Waals surface area contributed by atoms with Crippen LogP contribution in [-0.2, 0) is 4.79 Å². The van der Waals surface area contributed by atoms with Gasteiger partial charge in [0.2, 0.25) is 11.8 Å². The zero-order valence-electron chi connectivity index (χ0n) is 10.1. The molecule has 0 spiro atoms. The largest absolute Gasteiger partial charge is 0.403 e. The van der Waals surface area contributed by atoms with Crippen molar-refractivity contribution in [2.45, 2.75) is 6.42 Å². The molecular weight excluding hydrogens is 242 g/mol. The van der Waals surface area contributed by atoms with E-state index < -0.39 is 0 Å². The van der Waals surface area contributed by atoms with Gasteiger partial charge in [0.25, 0.3) is 0 Å². The molecular formula is C14H11N3O2. The van der Waals surface area contributed by atoms with E-state index in [1.165, 1.54) is 4.90 Å². The topological polar surface area (TPSA) is 59.2 Å². The summed E-state index contributed by atoms with van der Waals surface area (Å²) in [5.74, 6) is 2.81. The fourth-order valence-corrected chi connectivity index (χ4v) is 2.03. The third-order valence-electron chi connectivity index (χ3n) is 3.03. The molecule has 0 bridgehead atoms. The fraction of sp³-hybridized carbons (Fsp3) is 0.214. The highest BCUT2D eigenvalue weighted by Gasteiger charge is 2.32. The molecule has 1 amide bonds. The molecule has 0 aliphatic carbocycles. The summed E-state index contributed by atoms with van der Waals surface area (Å²) in [6.45, 7) is 0.436. The van der Waals surface area contributed by atoms with E-state index in [0.717, 1.165) is 5.56 Å². The highest BCUT2D eigenvalue weighted by Crippen LogP contribution is 2.26. The number of anilines is 1. The molecule has 1 aliphatic rings. The summed E-state index contributed by atoms with van der Waals surface area (Å²) in [6, 6.07) is 9.62. The summed E-state index contributed by atoms with van der Waals surface area (Å²) in [7, 11) is 0. The molecule has 5 heteroatoms. The lowest BCUT2D eigenvalue weighted by molar-refractivity contribution is -0.117. The lowest BCUT2D eigenvalue weighted by Gasteiger charge is -2.08.